The molecular weight excluding hydrogens is 265 g/mol. The minimum Gasteiger partial charge on any atom is -0.478 e. The molecule has 1 aliphatic heterocycles. The Hall–Kier alpha value is -1.04. The molecule has 1 aromatic rings. The minimum atomic E-state index is -1.01. The predicted octanol–water partition coefficient (Wildman–Crippen LogP) is 1.26. The first-order chi connectivity index (χ1) is 7.68. The standard InChI is InChI=1S/C10H12ClN3O2.ClH/c11-8-5-7(10(15)16)6-13-9(8)14-3-1-12-2-4-14;/h5-6,12H,1-4H2,(H,15,16);1H. The SMILES string of the molecule is Cl.O=C(O)c1cnc(N2CCNCC2)c(Cl)c1. The molecule has 0 bridgehead atoms. The van der Waals surface area contributed by atoms with E-state index in [0.29, 0.717) is 10.8 Å². The lowest BCUT2D eigenvalue weighted by molar-refractivity contribution is 0.0696. The fourth-order valence-corrected chi connectivity index (χ4v) is 1.94. The van der Waals surface area contributed by atoms with Gasteiger partial charge in [-0.15, -0.1) is 12.4 Å². The molecule has 0 saturated carbocycles. The second-order valence-corrected chi connectivity index (χ2v) is 3.98. The fourth-order valence-electron chi connectivity index (χ4n) is 1.66. The average molecular weight is 278 g/mol. The lowest BCUT2D eigenvalue weighted by Crippen LogP contribution is -2.44. The largest absolute Gasteiger partial charge is 0.478 e. The van der Waals surface area contributed by atoms with Crippen molar-refractivity contribution in [2.45, 2.75) is 0 Å². The fraction of sp³-hybridized carbons (Fsp3) is 0.400. The Morgan fingerprint density at radius 1 is 1.47 bits per heavy atom. The van der Waals surface area contributed by atoms with Crippen molar-refractivity contribution in [3.63, 3.8) is 0 Å². The van der Waals surface area contributed by atoms with Crippen molar-refractivity contribution in [2.24, 2.45) is 0 Å². The maximum absolute atomic E-state index is 10.7. The van der Waals surface area contributed by atoms with Crippen LogP contribution >= 0.6 is 24.0 Å². The molecule has 1 saturated heterocycles. The van der Waals surface area contributed by atoms with Crippen molar-refractivity contribution >= 4 is 35.8 Å². The van der Waals surface area contributed by atoms with Crippen LogP contribution in [-0.4, -0.2) is 42.2 Å². The van der Waals surface area contributed by atoms with Gasteiger partial charge in [-0.1, -0.05) is 11.6 Å². The molecule has 1 fully saturated rings. The number of carboxylic acids is 1. The number of hydrogen-bond acceptors (Lipinski definition) is 4. The Kier molecular flexibility index (Phi) is 4.99. The van der Waals surface area contributed by atoms with E-state index in [0.717, 1.165) is 26.2 Å². The normalized spacial score (nSPS) is 15.2. The Balaban J connectivity index is 0.00000144. The van der Waals surface area contributed by atoms with Crippen LogP contribution < -0.4 is 10.2 Å². The second-order valence-electron chi connectivity index (χ2n) is 3.57. The number of nitrogens with zero attached hydrogens (tertiary/aromatic N) is 2. The molecule has 0 radical (unpaired) electrons. The molecule has 2 rings (SSSR count). The zero-order valence-corrected chi connectivity index (χ0v) is 10.6. The number of pyridine rings is 1. The highest BCUT2D eigenvalue weighted by Crippen LogP contribution is 2.24. The average Bonchev–Trinajstić information content (AvgIpc) is 2.30. The molecule has 0 unspecified atom stereocenters. The third-order valence-corrected chi connectivity index (χ3v) is 2.76. The van der Waals surface area contributed by atoms with Gasteiger partial charge in [-0.2, -0.15) is 0 Å². The number of aromatic carboxylic acids is 1. The maximum Gasteiger partial charge on any atom is 0.337 e. The third-order valence-electron chi connectivity index (χ3n) is 2.49. The topological polar surface area (TPSA) is 65.5 Å². The first kappa shape index (κ1) is 14.0. The molecule has 2 heterocycles. The first-order valence-electron chi connectivity index (χ1n) is 5.03. The molecule has 1 aromatic heterocycles. The molecule has 0 amide bonds. The van der Waals surface area contributed by atoms with E-state index in [9.17, 15) is 4.79 Å². The molecule has 5 nitrogen and oxygen atoms in total. The van der Waals surface area contributed by atoms with Gasteiger partial charge in [0.05, 0.1) is 10.6 Å². The summed E-state index contributed by atoms with van der Waals surface area (Å²) < 4.78 is 0. The van der Waals surface area contributed by atoms with Gasteiger partial charge >= 0.3 is 5.97 Å². The summed E-state index contributed by atoms with van der Waals surface area (Å²) in [5, 5.41) is 12.4. The van der Waals surface area contributed by atoms with Crippen LogP contribution in [0.25, 0.3) is 0 Å². The minimum absolute atomic E-state index is 0. The van der Waals surface area contributed by atoms with Crippen LogP contribution in [0, 0.1) is 0 Å². The van der Waals surface area contributed by atoms with Crippen molar-refractivity contribution in [3.05, 3.63) is 22.8 Å². The summed E-state index contributed by atoms with van der Waals surface area (Å²) in [6, 6.07) is 1.44. The summed E-state index contributed by atoms with van der Waals surface area (Å²) in [4.78, 5) is 16.9. The first-order valence-corrected chi connectivity index (χ1v) is 5.41. The molecule has 2 N–H and O–H groups in total. The zero-order chi connectivity index (χ0) is 11.5. The van der Waals surface area contributed by atoms with E-state index in [4.69, 9.17) is 16.7 Å². The van der Waals surface area contributed by atoms with E-state index in [1.165, 1.54) is 12.3 Å². The van der Waals surface area contributed by atoms with Gasteiger partial charge < -0.3 is 15.3 Å². The molecule has 7 heteroatoms. The van der Waals surface area contributed by atoms with E-state index < -0.39 is 5.97 Å². The number of rotatable bonds is 2. The molecule has 0 aliphatic carbocycles. The van der Waals surface area contributed by atoms with Crippen LogP contribution in [0.5, 0.6) is 0 Å². The molecular formula is C10H13Cl2N3O2. The summed E-state index contributed by atoms with van der Waals surface area (Å²) in [5.74, 6) is -0.352. The number of carboxylic acid groups (broad SMARTS) is 1. The Morgan fingerprint density at radius 3 is 2.65 bits per heavy atom. The van der Waals surface area contributed by atoms with Gasteiger partial charge in [-0.05, 0) is 6.07 Å². The molecule has 0 atom stereocenters. The van der Waals surface area contributed by atoms with Gasteiger partial charge in [0.2, 0.25) is 0 Å². The van der Waals surface area contributed by atoms with Crippen LogP contribution in [-0.2, 0) is 0 Å². The number of halogens is 2. The predicted molar refractivity (Wildman–Crippen MR) is 68.5 cm³/mol. The molecule has 1 aliphatic rings. The maximum atomic E-state index is 10.7. The van der Waals surface area contributed by atoms with Gasteiger partial charge in [0.25, 0.3) is 0 Å². The number of piperazine rings is 1. The van der Waals surface area contributed by atoms with Gasteiger partial charge in [-0.3, -0.25) is 0 Å². The number of carbonyl (C=O) groups is 1. The van der Waals surface area contributed by atoms with Crippen LogP contribution in [0.4, 0.5) is 5.82 Å². The summed E-state index contributed by atoms with van der Waals surface area (Å²) in [6.45, 7) is 3.44. The van der Waals surface area contributed by atoms with Gasteiger partial charge in [-0.25, -0.2) is 9.78 Å². The molecule has 0 spiro atoms. The second kappa shape index (κ2) is 6.05. The summed E-state index contributed by atoms with van der Waals surface area (Å²) in [6.07, 6.45) is 1.34. The molecule has 17 heavy (non-hydrogen) atoms. The van der Waals surface area contributed by atoms with E-state index in [1.807, 2.05) is 4.90 Å². The highest BCUT2D eigenvalue weighted by molar-refractivity contribution is 6.33. The Bertz CT molecular complexity index is 409. The summed E-state index contributed by atoms with van der Waals surface area (Å²) >= 11 is 6.02. The Morgan fingerprint density at radius 2 is 2.12 bits per heavy atom. The monoisotopic (exact) mass is 277 g/mol. The highest BCUT2D eigenvalue weighted by Gasteiger charge is 2.16. The van der Waals surface area contributed by atoms with E-state index >= 15 is 0 Å². The summed E-state index contributed by atoms with van der Waals surface area (Å²) in [7, 11) is 0. The van der Waals surface area contributed by atoms with Crippen LogP contribution in [0.3, 0.4) is 0 Å². The van der Waals surface area contributed by atoms with Gasteiger partial charge in [0.15, 0.2) is 0 Å². The van der Waals surface area contributed by atoms with E-state index in [2.05, 4.69) is 10.3 Å². The third kappa shape index (κ3) is 3.21. The van der Waals surface area contributed by atoms with Crippen LogP contribution in [0.15, 0.2) is 12.3 Å². The number of aromatic nitrogens is 1. The van der Waals surface area contributed by atoms with Gasteiger partial charge in [0, 0.05) is 32.4 Å². The molecule has 0 aromatic carbocycles. The lowest BCUT2D eigenvalue weighted by Gasteiger charge is -2.29. The van der Waals surface area contributed by atoms with Crippen molar-refractivity contribution in [1.82, 2.24) is 10.3 Å². The van der Waals surface area contributed by atoms with Crippen molar-refractivity contribution in [2.75, 3.05) is 31.1 Å². The number of anilines is 1. The van der Waals surface area contributed by atoms with Crippen LogP contribution in [0.1, 0.15) is 10.4 Å². The lowest BCUT2D eigenvalue weighted by atomic mass is 10.2. The zero-order valence-electron chi connectivity index (χ0n) is 9.02. The van der Waals surface area contributed by atoms with Crippen LogP contribution in [0.2, 0.25) is 5.02 Å². The van der Waals surface area contributed by atoms with Gasteiger partial charge in [0.1, 0.15) is 5.82 Å². The van der Waals surface area contributed by atoms with Crippen molar-refractivity contribution < 1.29 is 9.90 Å². The number of nitrogens with one attached hydrogen (secondary N) is 1. The van der Waals surface area contributed by atoms with Crippen molar-refractivity contribution in [1.29, 1.82) is 0 Å². The van der Waals surface area contributed by atoms with Crippen molar-refractivity contribution in [3.8, 4) is 0 Å². The smallest absolute Gasteiger partial charge is 0.337 e. The quantitative estimate of drug-likeness (QED) is 0.852. The Labute approximate surface area is 110 Å². The highest BCUT2D eigenvalue weighted by atomic mass is 35.5. The number of hydrogen-bond donors (Lipinski definition) is 2. The molecule has 94 valence electrons. The summed E-state index contributed by atoms with van der Waals surface area (Å²) in [5.41, 5.74) is 0.115. The van der Waals surface area contributed by atoms with E-state index in [1.54, 1.807) is 0 Å². The van der Waals surface area contributed by atoms with E-state index in [-0.39, 0.29) is 18.0 Å².